The number of nitrogens with one attached hydrogen (secondary N) is 1. The molecule has 0 saturated carbocycles. The summed E-state index contributed by atoms with van der Waals surface area (Å²) in [5.41, 5.74) is 3.06. The molecule has 1 amide bonds. The Morgan fingerprint density at radius 1 is 1.09 bits per heavy atom. The van der Waals surface area contributed by atoms with Gasteiger partial charge in [0.25, 0.3) is 0 Å². The van der Waals surface area contributed by atoms with Gasteiger partial charge in [0, 0.05) is 19.6 Å². The van der Waals surface area contributed by atoms with E-state index >= 15 is 0 Å². The average Bonchev–Trinajstić information content (AvgIpc) is 3.49. The predicted octanol–water partition coefficient (Wildman–Crippen LogP) is 4.23. The predicted molar refractivity (Wildman–Crippen MR) is 128 cm³/mol. The van der Waals surface area contributed by atoms with Crippen molar-refractivity contribution in [3.05, 3.63) is 59.7 Å². The number of rotatable bonds is 10. The number of nitrogens with zero attached hydrogens (tertiary/aromatic N) is 4. The van der Waals surface area contributed by atoms with E-state index in [1.54, 1.807) is 12.1 Å². The van der Waals surface area contributed by atoms with Crippen LogP contribution < -0.4 is 15.0 Å². The molecule has 1 N–H and O–H groups in total. The van der Waals surface area contributed by atoms with Crippen LogP contribution in [-0.2, 0) is 11.2 Å². The van der Waals surface area contributed by atoms with Crippen LogP contribution in [-0.4, -0.2) is 52.7 Å². The van der Waals surface area contributed by atoms with Gasteiger partial charge in [0.05, 0.1) is 11.4 Å². The molecule has 0 radical (unpaired) electrons. The van der Waals surface area contributed by atoms with E-state index in [4.69, 9.17) is 0 Å². The number of carbonyl (C=O) groups is 1. The first-order valence-electron chi connectivity index (χ1n) is 11.2. The zero-order chi connectivity index (χ0) is 23.9. The topological polar surface area (TPSA) is 72.3 Å². The van der Waals surface area contributed by atoms with Crippen molar-refractivity contribution in [2.24, 2.45) is 0 Å². The summed E-state index contributed by atoms with van der Waals surface area (Å²) >= 11 is 1.35. The van der Waals surface area contributed by atoms with Crippen LogP contribution in [0.3, 0.4) is 0 Å². The maximum atomic E-state index is 12.4. The Kier molecular flexibility index (Phi) is 7.99. The average molecular weight is 488 g/mol. The summed E-state index contributed by atoms with van der Waals surface area (Å²) in [5.74, 6) is 1.03. The molecule has 1 aliphatic rings. The van der Waals surface area contributed by atoms with Gasteiger partial charge in [-0.25, -0.2) is 0 Å². The second kappa shape index (κ2) is 11.3. The normalized spacial score (nSPS) is 13.5. The van der Waals surface area contributed by atoms with Gasteiger partial charge in [-0.1, -0.05) is 41.6 Å². The minimum absolute atomic E-state index is 0.108. The van der Waals surface area contributed by atoms with Crippen molar-refractivity contribution in [1.29, 1.82) is 0 Å². The number of thioether (sulfide) groups is 1. The van der Waals surface area contributed by atoms with Crippen LogP contribution in [0.2, 0.25) is 0 Å². The Labute approximate surface area is 201 Å². The third-order valence-electron chi connectivity index (χ3n) is 5.51. The third-order valence-corrected chi connectivity index (χ3v) is 6.44. The van der Waals surface area contributed by atoms with Gasteiger partial charge in [-0.15, -0.1) is 10.2 Å². The Morgan fingerprint density at radius 2 is 1.79 bits per heavy atom. The first-order valence-corrected chi connectivity index (χ1v) is 12.2. The van der Waals surface area contributed by atoms with E-state index in [-0.39, 0.29) is 17.4 Å². The van der Waals surface area contributed by atoms with Gasteiger partial charge in [-0.3, -0.25) is 9.36 Å². The lowest BCUT2D eigenvalue weighted by Crippen LogP contribution is -2.27. The Hall–Kier alpha value is -3.14. The first-order chi connectivity index (χ1) is 16.5. The molecule has 1 aromatic heterocycles. The van der Waals surface area contributed by atoms with Crippen molar-refractivity contribution in [3.8, 4) is 11.4 Å². The van der Waals surface area contributed by atoms with E-state index in [2.05, 4.69) is 37.3 Å². The van der Waals surface area contributed by atoms with Crippen LogP contribution in [0.5, 0.6) is 5.75 Å². The SMILES string of the molecule is Cc1ccc(-n2c(SCC(=O)NCCc3ccc(OC(F)F)cc3)nnc2N2CCCC2)cc1. The number of hydrogen-bond acceptors (Lipinski definition) is 6. The van der Waals surface area contributed by atoms with E-state index in [9.17, 15) is 13.6 Å². The largest absolute Gasteiger partial charge is 0.435 e. The fraction of sp³-hybridized carbons (Fsp3) is 0.375. The number of ether oxygens (including phenoxy) is 1. The van der Waals surface area contributed by atoms with Crippen LogP contribution in [0.25, 0.3) is 5.69 Å². The van der Waals surface area contributed by atoms with Crippen LogP contribution >= 0.6 is 11.8 Å². The third kappa shape index (κ3) is 6.25. The first kappa shape index (κ1) is 24.0. The van der Waals surface area contributed by atoms with Crippen molar-refractivity contribution in [3.63, 3.8) is 0 Å². The van der Waals surface area contributed by atoms with Gasteiger partial charge >= 0.3 is 6.61 Å². The van der Waals surface area contributed by atoms with Gasteiger partial charge in [0.2, 0.25) is 11.9 Å². The van der Waals surface area contributed by atoms with Crippen molar-refractivity contribution < 1.29 is 18.3 Å². The standard InChI is InChI=1S/C24H27F2N5O2S/c1-17-4-8-19(9-5-17)31-23(30-14-2-3-15-30)28-29-24(31)34-16-21(32)27-13-12-18-6-10-20(11-7-18)33-22(25)26/h4-11,22H,2-3,12-16H2,1H3,(H,27,32). The monoisotopic (exact) mass is 487 g/mol. The number of aromatic nitrogens is 3. The van der Waals surface area contributed by atoms with E-state index in [1.807, 2.05) is 23.6 Å². The van der Waals surface area contributed by atoms with Gasteiger partial charge in [-0.05, 0) is 56.0 Å². The Balaban J connectivity index is 1.33. The second-order valence-corrected chi connectivity index (χ2v) is 9.00. The lowest BCUT2D eigenvalue weighted by Gasteiger charge is -2.18. The number of carbonyl (C=O) groups excluding carboxylic acids is 1. The van der Waals surface area contributed by atoms with Gasteiger partial charge in [0.1, 0.15) is 5.75 Å². The highest BCUT2D eigenvalue weighted by molar-refractivity contribution is 7.99. The molecule has 1 aliphatic heterocycles. The molecule has 1 fully saturated rings. The molecule has 7 nitrogen and oxygen atoms in total. The quantitative estimate of drug-likeness (QED) is 0.432. The fourth-order valence-electron chi connectivity index (χ4n) is 3.76. The molecule has 4 rings (SSSR count). The molecule has 0 atom stereocenters. The van der Waals surface area contributed by atoms with E-state index < -0.39 is 6.61 Å². The second-order valence-electron chi connectivity index (χ2n) is 8.06. The number of hydrogen-bond donors (Lipinski definition) is 1. The number of benzene rings is 2. The molecule has 0 bridgehead atoms. The van der Waals surface area contributed by atoms with E-state index in [0.29, 0.717) is 18.1 Å². The maximum Gasteiger partial charge on any atom is 0.387 e. The summed E-state index contributed by atoms with van der Waals surface area (Å²) in [6, 6.07) is 14.6. The highest BCUT2D eigenvalue weighted by atomic mass is 32.2. The molecular formula is C24H27F2N5O2S. The molecular weight excluding hydrogens is 460 g/mol. The van der Waals surface area contributed by atoms with Crippen molar-refractivity contribution in [2.75, 3.05) is 30.3 Å². The molecule has 0 spiro atoms. The highest BCUT2D eigenvalue weighted by Gasteiger charge is 2.22. The lowest BCUT2D eigenvalue weighted by atomic mass is 10.1. The Bertz CT molecular complexity index is 1080. The summed E-state index contributed by atoms with van der Waals surface area (Å²) in [7, 11) is 0. The van der Waals surface area contributed by atoms with Crippen molar-refractivity contribution in [1.82, 2.24) is 20.1 Å². The number of anilines is 1. The van der Waals surface area contributed by atoms with E-state index in [0.717, 1.165) is 43.1 Å². The zero-order valence-corrected chi connectivity index (χ0v) is 19.7. The number of amides is 1. The fourth-order valence-corrected chi connectivity index (χ4v) is 4.54. The van der Waals surface area contributed by atoms with Crippen LogP contribution in [0.15, 0.2) is 53.7 Å². The maximum absolute atomic E-state index is 12.4. The molecule has 34 heavy (non-hydrogen) atoms. The van der Waals surface area contributed by atoms with Gasteiger partial charge in [-0.2, -0.15) is 8.78 Å². The van der Waals surface area contributed by atoms with Crippen molar-refractivity contribution in [2.45, 2.75) is 38.0 Å². The Morgan fingerprint density at radius 3 is 2.47 bits per heavy atom. The zero-order valence-electron chi connectivity index (χ0n) is 18.9. The van der Waals surface area contributed by atoms with Crippen LogP contribution in [0, 0.1) is 6.92 Å². The smallest absolute Gasteiger partial charge is 0.387 e. The highest BCUT2D eigenvalue weighted by Crippen LogP contribution is 2.28. The van der Waals surface area contributed by atoms with E-state index in [1.165, 1.54) is 29.5 Å². The van der Waals surface area contributed by atoms with Crippen LogP contribution in [0.1, 0.15) is 24.0 Å². The number of alkyl halides is 2. The molecule has 10 heteroatoms. The lowest BCUT2D eigenvalue weighted by molar-refractivity contribution is -0.118. The molecule has 0 unspecified atom stereocenters. The molecule has 2 aromatic carbocycles. The molecule has 1 saturated heterocycles. The summed E-state index contributed by atoms with van der Waals surface area (Å²) < 4.78 is 30.8. The van der Waals surface area contributed by atoms with Crippen molar-refractivity contribution >= 4 is 23.6 Å². The molecule has 0 aliphatic carbocycles. The summed E-state index contributed by atoms with van der Waals surface area (Å²) in [6.45, 7) is 1.54. The summed E-state index contributed by atoms with van der Waals surface area (Å²) in [5, 5.41) is 12.4. The number of halogens is 2. The number of aryl methyl sites for hydroxylation is 1. The summed E-state index contributed by atoms with van der Waals surface area (Å²) in [6.07, 6.45) is 2.85. The molecule has 180 valence electrons. The molecule has 2 heterocycles. The van der Waals surface area contributed by atoms with Crippen LogP contribution in [0.4, 0.5) is 14.7 Å². The summed E-state index contributed by atoms with van der Waals surface area (Å²) in [4.78, 5) is 14.7. The minimum Gasteiger partial charge on any atom is -0.435 e. The molecule has 3 aromatic rings. The van der Waals surface area contributed by atoms with Gasteiger partial charge in [0.15, 0.2) is 5.16 Å². The van der Waals surface area contributed by atoms with Gasteiger partial charge < -0.3 is 15.0 Å². The minimum atomic E-state index is -2.84.